The second-order valence-corrected chi connectivity index (χ2v) is 6.44. The number of carbonyl (C=O) groups excluding carboxylic acids is 1. The third kappa shape index (κ3) is 4.38. The van der Waals surface area contributed by atoms with Crippen LogP contribution in [0.2, 0.25) is 0 Å². The smallest absolute Gasteiger partial charge is 0.320 e. The molecule has 0 fully saturated rings. The lowest BCUT2D eigenvalue weighted by Gasteiger charge is -2.12. The number of esters is 1. The molecule has 0 radical (unpaired) electrons. The normalized spacial score (nSPS) is 12.3. The van der Waals surface area contributed by atoms with Crippen molar-refractivity contribution in [2.75, 3.05) is 6.61 Å². The second kappa shape index (κ2) is 6.90. The number of hydrogen-bond donors (Lipinski definition) is 0. The van der Waals surface area contributed by atoms with Crippen LogP contribution in [0.25, 0.3) is 0 Å². The van der Waals surface area contributed by atoms with E-state index in [1.165, 1.54) is 0 Å². The zero-order chi connectivity index (χ0) is 13.0. The SMILES string of the molecule is CCOC(=O)C(Br)Cc1c(Br)cc(C)cc1Br. The maximum absolute atomic E-state index is 11.5. The molecule has 94 valence electrons. The van der Waals surface area contributed by atoms with Crippen LogP contribution in [0, 0.1) is 6.92 Å². The van der Waals surface area contributed by atoms with Gasteiger partial charge in [-0.3, -0.25) is 4.79 Å². The van der Waals surface area contributed by atoms with Crippen molar-refractivity contribution in [3.05, 3.63) is 32.2 Å². The van der Waals surface area contributed by atoms with Crippen LogP contribution in [0.3, 0.4) is 0 Å². The predicted molar refractivity (Wildman–Crippen MR) is 79.6 cm³/mol. The Morgan fingerprint density at radius 3 is 2.35 bits per heavy atom. The first-order valence-corrected chi connectivity index (χ1v) is 7.71. The van der Waals surface area contributed by atoms with E-state index < -0.39 is 0 Å². The molecule has 2 nitrogen and oxygen atoms in total. The molecule has 0 aliphatic rings. The molecule has 1 aromatic rings. The number of hydrogen-bond acceptors (Lipinski definition) is 2. The van der Waals surface area contributed by atoms with Gasteiger partial charge in [0.15, 0.2) is 0 Å². The monoisotopic (exact) mass is 426 g/mol. The van der Waals surface area contributed by atoms with Gasteiger partial charge >= 0.3 is 5.97 Å². The number of alkyl halides is 1. The van der Waals surface area contributed by atoms with Crippen LogP contribution < -0.4 is 0 Å². The fourth-order valence-corrected chi connectivity index (χ4v) is 3.62. The van der Waals surface area contributed by atoms with Gasteiger partial charge in [0, 0.05) is 8.95 Å². The quantitative estimate of drug-likeness (QED) is 0.525. The van der Waals surface area contributed by atoms with Gasteiger partial charge in [0.1, 0.15) is 4.83 Å². The zero-order valence-electron chi connectivity index (χ0n) is 9.60. The lowest BCUT2D eigenvalue weighted by atomic mass is 10.1. The van der Waals surface area contributed by atoms with E-state index in [9.17, 15) is 4.79 Å². The van der Waals surface area contributed by atoms with Crippen molar-refractivity contribution in [2.24, 2.45) is 0 Å². The first-order chi connectivity index (χ1) is 7.95. The Hall–Kier alpha value is 0.130. The lowest BCUT2D eigenvalue weighted by molar-refractivity contribution is -0.142. The number of halogens is 3. The summed E-state index contributed by atoms with van der Waals surface area (Å²) in [6.07, 6.45) is 0.584. The van der Waals surface area contributed by atoms with Gasteiger partial charge in [0.25, 0.3) is 0 Å². The minimum Gasteiger partial charge on any atom is -0.465 e. The maximum atomic E-state index is 11.5. The molecule has 1 aromatic carbocycles. The Bertz CT molecular complexity index is 395. The second-order valence-electron chi connectivity index (χ2n) is 3.63. The van der Waals surface area contributed by atoms with Gasteiger partial charge in [-0.05, 0) is 43.5 Å². The molecule has 1 atom stereocenters. The minimum atomic E-state index is -0.322. The van der Waals surface area contributed by atoms with Crippen molar-refractivity contribution >= 4 is 53.8 Å². The van der Waals surface area contributed by atoms with Crippen molar-refractivity contribution in [2.45, 2.75) is 25.1 Å². The Labute approximate surface area is 126 Å². The Balaban J connectivity index is 2.85. The zero-order valence-corrected chi connectivity index (χ0v) is 14.4. The molecule has 0 bridgehead atoms. The van der Waals surface area contributed by atoms with E-state index in [4.69, 9.17) is 4.74 Å². The summed E-state index contributed by atoms with van der Waals surface area (Å²) >= 11 is 10.4. The van der Waals surface area contributed by atoms with E-state index in [-0.39, 0.29) is 10.8 Å². The molecule has 1 unspecified atom stereocenters. The van der Waals surface area contributed by atoms with Gasteiger partial charge in [-0.1, -0.05) is 47.8 Å². The van der Waals surface area contributed by atoms with Crippen LogP contribution in [0.5, 0.6) is 0 Å². The fourth-order valence-electron chi connectivity index (χ4n) is 1.42. The average Bonchev–Trinajstić information content (AvgIpc) is 2.23. The summed E-state index contributed by atoms with van der Waals surface area (Å²) < 4.78 is 6.96. The van der Waals surface area contributed by atoms with Crippen LogP contribution in [0.15, 0.2) is 21.1 Å². The summed E-state index contributed by atoms with van der Waals surface area (Å²) in [7, 11) is 0. The largest absolute Gasteiger partial charge is 0.465 e. The van der Waals surface area contributed by atoms with Crippen molar-refractivity contribution in [3.63, 3.8) is 0 Å². The molecule has 0 saturated carbocycles. The highest BCUT2D eigenvalue weighted by Gasteiger charge is 2.19. The van der Waals surface area contributed by atoms with E-state index in [0.717, 1.165) is 20.1 Å². The van der Waals surface area contributed by atoms with Crippen LogP contribution in [0.1, 0.15) is 18.1 Å². The number of ether oxygens (including phenoxy) is 1. The molecule has 0 amide bonds. The van der Waals surface area contributed by atoms with Gasteiger partial charge in [-0.15, -0.1) is 0 Å². The average molecular weight is 429 g/mol. The summed E-state index contributed by atoms with van der Waals surface area (Å²) in [5, 5.41) is 0. The van der Waals surface area contributed by atoms with E-state index in [1.54, 1.807) is 6.92 Å². The third-order valence-corrected chi connectivity index (χ3v) is 4.32. The first-order valence-electron chi connectivity index (χ1n) is 5.21. The van der Waals surface area contributed by atoms with Gasteiger partial charge < -0.3 is 4.74 Å². The summed E-state index contributed by atoms with van der Waals surface area (Å²) in [6.45, 7) is 4.22. The number of rotatable bonds is 4. The lowest BCUT2D eigenvalue weighted by Crippen LogP contribution is -2.20. The Morgan fingerprint density at radius 2 is 1.88 bits per heavy atom. The molecule has 0 heterocycles. The molecule has 1 rings (SSSR count). The molecule has 17 heavy (non-hydrogen) atoms. The number of benzene rings is 1. The van der Waals surface area contributed by atoms with Crippen LogP contribution in [-0.4, -0.2) is 17.4 Å². The fraction of sp³-hybridized carbons (Fsp3) is 0.417. The van der Waals surface area contributed by atoms with Crippen molar-refractivity contribution in [1.82, 2.24) is 0 Å². The summed E-state index contributed by atoms with van der Waals surface area (Å²) in [5.74, 6) is -0.230. The van der Waals surface area contributed by atoms with Gasteiger partial charge in [0.2, 0.25) is 0 Å². The molecular weight excluding hydrogens is 416 g/mol. The van der Waals surface area contributed by atoms with E-state index in [2.05, 4.69) is 47.8 Å². The van der Waals surface area contributed by atoms with Crippen molar-refractivity contribution in [3.8, 4) is 0 Å². The van der Waals surface area contributed by atoms with Gasteiger partial charge in [0.05, 0.1) is 6.61 Å². The van der Waals surface area contributed by atoms with Gasteiger partial charge in [-0.2, -0.15) is 0 Å². The van der Waals surface area contributed by atoms with Crippen LogP contribution in [-0.2, 0) is 16.0 Å². The van der Waals surface area contributed by atoms with Crippen molar-refractivity contribution < 1.29 is 9.53 Å². The molecule has 0 saturated heterocycles. The highest BCUT2D eigenvalue weighted by Crippen LogP contribution is 2.29. The Morgan fingerprint density at radius 1 is 1.35 bits per heavy atom. The van der Waals surface area contributed by atoms with E-state index in [0.29, 0.717) is 13.0 Å². The third-order valence-electron chi connectivity index (χ3n) is 2.21. The van der Waals surface area contributed by atoms with E-state index >= 15 is 0 Å². The Kier molecular flexibility index (Phi) is 6.17. The summed E-state index contributed by atoms with van der Waals surface area (Å²) in [4.78, 5) is 11.2. The first kappa shape index (κ1) is 15.2. The van der Waals surface area contributed by atoms with E-state index in [1.807, 2.05) is 19.1 Å². The highest BCUT2D eigenvalue weighted by atomic mass is 79.9. The highest BCUT2D eigenvalue weighted by molar-refractivity contribution is 9.11. The number of carbonyl (C=O) groups is 1. The molecule has 5 heteroatoms. The minimum absolute atomic E-state index is 0.230. The topological polar surface area (TPSA) is 26.3 Å². The van der Waals surface area contributed by atoms with Crippen LogP contribution >= 0.6 is 47.8 Å². The molecular formula is C12H13Br3O2. The summed E-state index contributed by atoms with van der Waals surface area (Å²) in [5.41, 5.74) is 2.22. The summed E-state index contributed by atoms with van der Waals surface area (Å²) in [6, 6.07) is 4.07. The molecule has 0 spiro atoms. The maximum Gasteiger partial charge on any atom is 0.320 e. The number of aryl methyl sites for hydroxylation is 1. The molecule has 0 aliphatic heterocycles. The van der Waals surface area contributed by atoms with Crippen LogP contribution in [0.4, 0.5) is 0 Å². The predicted octanol–water partition coefficient (Wildman–Crippen LogP) is 4.39. The molecule has 0 aliphatic carbocycles. The molecule has 0 N–H and O–H groups in total. The standard InChI is InChI=1S/C12H13Br3O2/c1-3-17-12(16)11(15)6-8-9(13)4-7(2)5-10(8)14/h4-5,11H,3,6H2,1-2H3. The molecule has 0 aromatic heterocycles. The van der Waals surface area contributed by atoms with Gasteiger partial charge in [-0.25, -0.2) is 0 Å². The van der Waals surface area contributed by atoms with Crippen molar-refractivity contribution in [1.29, 1.82) is 0 Å².